The summed E-state index contributed by atoms with van der Waals surface area (Å²) in [4.78, 5) is 12.7. The first-order valence-electron chi connectivity index (χ1n) is 6.98. The molecule has 0 spiro atoms. The number of hydrogen-bond donors (Lipinski definition) is 1. The maximum atomic E-state index is 13.5. The average molecular weight is 297 g/mol. The molecule has 7 heteroatoms. The minimum absolute atomic E-state index is 0.0201. The van der Waals surface area contributed by atoms with Gasteiger partial charge in [-0.15, -0.1) is 0 Å². The molecule has 1 saturated heterocycles. The standard InChI is InChI=1S/C14H20FN3O3/c1-10-7-13(14(18(19)20)8-12(10)15)16-11(2)9-17-3-5-21-6-4-17/h7-8,11,16H,3-6,9H2,1-2H3. The molecule has 0 aromatic heterocycles. The molecule has 1 aromatic rings. The van der Waals surface area contributed by atoms with Gasteiger partial charge < -0.3 is 10.1 Å². The first kappa shape index (κ1) is 15.7. The molecule has 1 aliphatic rings. The lowest BCUT2D eigenvalue weighted by molar-refractivity contribution is -0.384. The van der Waals surface area contributed by atoms with E-state index in [1.165, 1.54) is 6.07 Å². The molecule has 116 valence electrons. The van der Waals surface area contributed by atoms with Crippen molar-refractivity contribution in [3.8, 4) is 0 Å². The molecule has 1 N–H and O–H groups in total. The third-order valence-electron chi connectivity index (χ3n) is 3.51. The van der Waals surface area contributed by atoms with Crippen molar-refractivity contribution in [3.05, 3.63) is 33.6 Å². The maximum absolute atomic E-state index is 13.5. The Morgan fingerprint density at radius 3 is 2.76 bits per heavy atom. The molecule has 0 aliphatic carbocycles. The number of nitrogens with zero attached hydrogens (tertiary/aromatic N) is 2. The quantitative estimate of drug-likeness (QED) is 0.666. The summed E-state index contributed by atoms with van der Waals surface area (Å²) in [6.45, 7) is 7.45. The predicted molar refractivity (Wildman–Crippen MR) is 78.1 cm³/mol. The summed E-state index contributed by atoms with van der Waals surface area (Å²) in [6, 6.07) is 2.48. The maximum Gasteiger partial charge on any atom is 0.295 e. The van der Waals surface area contributed by atoms with Crippen molar-refractivity contribution in [1.82, 2.24) is 4.90 Å². The highest BCUT2D eigenvalue weighted by Gasteiger charge is 2.20. The van der Waals surface area contributed by atoms with E-state index in [0.29, 0.717) is 24.5 Å². The van der Waals surface area contributed by atoms with Gasteiger partial charge in [0.2, 0.25) is 0 Å². The van der Waals surface area contributed by atoms with Gasteiger partial charge in [-0.2, -0.15) is 0 Å². The molecule has 0 saturated carbocycles. The van der Waals surface area contributed by atoms with Gasteiger partial charge in [0.1, 0.15) is 11.5 Å². The molecule has 0 radical (unpaired) electrons. The Labute approximate surface area is 123 Å². The molecule has 0 amide bonds. The van der Waals surface area contributed by atoms with Crippen molar-refractivity contribution in [2.24, 2.45) is 0 Å². The third-order valence-corrected chi connectivity index (χ3v) is 3.51. The third kappa shape index (κ3) is 4.12. The number of halogens is 1. The zero-order chi connectivity index (χ0) is 15.4. The van der Waals surface area contributed by atoms with Crippen molar-refractivity contribution < 1.29 is 14.1 Å². The second kappa shape index (κ2) is 6.82. The van der Waals surface area contributed by atoms with Crippen LogP contribution in [0.4, 0.5) is 15.8 Å². The van der Waals surface area contributed by atoms with Crippen LogP contribution < -0.4 is 5.32 Å². The van der Waals surface area contributed by atoms with Gasteiger partial charge >= 0.3 is 0 Å². The number of benzene rings is 1. The van der Waals surface area contributed by atoms with E-state index in [-0.39, 0.29) is 11.7 Å². The van der Waals surface area contributed by atoms with E-state index in [1.54, 1.807) is 6.92 Å². The topological polar surface area (TPSA) is 67.6 Å². The number of hydrogen-bond acceptors (Lipinski definition) is 5. The van der Waals surface area contributed by atoms with Crippen LogP contribution in [0.1, 0.15) is 12.5 Å². The summed E-state index contributed by atoms with van der Waals surface area (Å²) >= 11 is 0. The zero-order valence-corrected chi connectivity index (χ0v) is 12.3. The predicted octanol–water partition coefficient (Wildman–Crippen LogP) is 2.17. The summed E-state index contributed by atoms with van der Waals surface area (Å²) in [5.41, 5.74) is 0.522. The van der Waals surface area contributed by atoms with Crippen molar-refractivity contribution in [3.63, 3.8) is 0 Å². The first-order chi connectivity index (χ1) is 9.97. The van der Waals surface area contributed by atoms with Gasteiger partial charge in [0.15, 0.2) is 0 Å². The minimum atomic E-state index is -0.563. The van der Waals surface area contributed by atoms with E-state index in [2.05, 4.69) is 10.2 Å². The lowest BCUT2D eigenvalue weighted by Crippen LogP contribution is -2.42. The highest BCUT2D eigenvalue weighted by molar-refractivity contribution is 5.63. The number of anilines is 1. The molecule has 1 atom stereocenters. The fraction of sp³-hybridized carbons (Fsp3) is 0.571. The van der Waals surface area contributed by atoms with Crippen LogP contribution in [0.5, 0.6) is 0 Å². The smallest absolute Gasteiger partial charge is 0.295 e. The fourth-order valence-electron chi connectivity index (χ4n) is 2.42. The Hall–Kier alpha value is -1.73. The SMILES string of the molecule is Cc1cc(NC(C)CN2CCOCC2)c([N+](=O)[O-])cc1F. The highest BCUT2D eigenvalue weighted by Crippen LogP contribution is 2.28. The molecule has 0 bridgehead atoms. The lowest BCUT2D eigenvalue weighted by Gasteiger charge is -2.29. The van der Waals surface area contributed by atoms with Gasteiger partial charge in [-0.25, -0.2) is 4.39 Å². The molecular weight excluding hydrogens is 277 g/mol. The van der Waals surface area contributed by atoms with Crippen LogP contribution in [0.15, 0.2) is 12.1 Å². The van der Waals surface area contributed by atoms with Crippen LogP contribution in [0.2, 0.25) is 0 Å². The van der Waals surface area contributed by atoms with Gasteiger partial charge in [-0.05, 0) is 25.5 Å². The molecule has 1 aromatic carbocycles. The highest BCUT2D eigenvalue weighted by atomic mass is 19.1. The molecule has 21 heavy (non-hydrogen) atoms. The van der Waals surface area contributed by atoms with E-state index in [4.69, 9.17) is 4.74 Å². The van der Waals surface area contributed by atoms with E-state index < -0.39 is 10.7 Å². The van der Waals surface area contributed by atoms with Crippen LogP contribution in [0.25, 0.3) is 0 Å². The van der Waals surface area contributed by atoms with Crippen LogP contribution >= 0.6 is 0 Å². The lowest BCUT2D eigenvalue weighted by atomic mass is 10.1. The van der Waals surface area contributed by atoms with Crippen molar-refractivity contribution >= 4 is 11.4 Å². The van der Waals surface area contributed by atoms with Gasteiger partial charge in [-0.3, -0.25) is 15.0 Å². The van der Waals surface area contributed by atoms with E-state index in [0.717, 1.165) is 25.7 Å². The second-order valence-electron chi connectivity index (χ2n) is 5.33. The summed E-state index contributed by atoms with van der Waals surface area (Å²) in [7, 11) is 0. The Bertz CT molecular complexity index is 518. The van der Waals surface area contributed by atoms with Gasteiger partial charge in [0.05, 0.1) is 24.2 Å². The summed E-state index contributed by atoms with van der Waals surface area (Å²) in [6.07, 6.45) is 0. The van der Waals surface area contributed by atoms with Crippen molar-refractivity contribution in [1.29, 1.82) is 0 Å². The Morgan fingerprint density at radius 2 is 2.14 bits per heavy atom. The average Bonchev–Trinajstić information content (AvgIpc) is 2.43. The number of nitro groups is 1. The summed E-state index contributed by atoms with van der Waals surface area (Å²) in [5, 5.41) is 14.1. The van der Waals surface area contributed by atoms with Crippen LogP contribution in [-0.2, 0) is 4.74 Å². The van der Waals surface area contributed by atoms with Crippen LogP contribution in [-0.4, -0.2) is 48.7 Å². The number of ether oxygens (including phenoxy) is 1. The first-order valence-corrected chi connectivity index (χ1v) is 6.98. The van der Waals surface area contributed by atoms with Gasteiger partial charge in [0.25, 0.3) is 5.69 Å². The molecule has 1 unspecified atom stereocenters. The molecule has 1 aliphatic heterocycles. The zero-order valence-electron chi connectivity index (χ0n) is 12.3. The minimum Gasteiger partial charge on any atom is -0.379 e. The van der Waals surface area contributed by atoms with Crippen LogP contribution in [0, 0.1) is 22.9 Å². The summed E-state index contributed by atoms with van der Waals surface area (Å²) < 4.78 is 18.8. The monoisotopic (exact) mass is 297 g/mol. The number of morpholine rings is 1. The number of nitrogens with one attached hydrogen (secondary N) is 1. The number of nitro benzene ring substituents is 1. The Morgan fingerprint density at radius 1 is 1.48 bits per heavy atom. The van der Waals surface area contributed by atoms with Crippen molar-refractivity contribution in [2.45, 2.75) is 19.9 Å². The molecule has 2 rings (SSSR count). The van der Waals surface area contributed by atoms with Crippen LogP contribution in [0.3, 0.4) is 0 Å². The Balaban J connectivity index is 2.07. The van der Waals surface area contributed by atoms with E-state index >= 15 is 0 Å². The molecule has 6 nitrogen and oxygen atoms in total. The Kier molecular flexibility index (Phi) is 5.08. The normalized spacial score (nSPS) is 17.5. The molecule has 1 heterocycles. The van der Waals surface area contributed by atoms with E-state index in [9.17, 15) is 14.5 Å². The van der Waals surface area contributed by atoms with E-state index in [1.807, 2.05) is 6.92 Å². The van der Waals surface area contributed by atoms with Gasteiger partial charge in [0, 0.05) is 25.7 Å². The fourth-order valence-corrected chi connectivity index (χ4v) is 2.42. The number of rotatable bonds is 5. The molecular formula is C14H20FN3O3. The van der Waals surface area contributed by atoms with Gasteiger partial charge in [-0.1, -0.05) is 0 Å². The number of aryl methyl sites for hydroxylation is 1. The molecule has 1 fully saturated rings. The second-order valence-corrected chi connectivity index (χ2v) is 5.33. The van der Waals surface area contributed by atoms with Crippen molar-refractivity contribution in [2.75, 3.05) is 38.2 Å². The largest absolute Gasteiger partial charge is 0.379 e. The summed E-state index contributed by atoms with van der Waals surface area (Å²) in [5.74, 6) is -0.562.